The summed E-state index contributed by atoms with van der Waals surface area (Å²) >= 11 is 0. The quantitative estimate of drug-likeness (QED) is 0.758. The summed E-state index contributed by atoms with van der Waals surface area (Å²) in [5.41, 5.74) is 2.09. The van der Waals surface area contributed by atoms with Gasteiger partial charge in [0.2, 0.25) is 11.8 Å². The number of anilines is 1. The number of aromatic nitrogens is 2. The van der Waals surface area contributed by atoms with Gasteiger partial charge in [-0.25, -0.2) is 4.79 Å². The van der Waals surface area contributed by atoms with E-state index in [4.69, 9.17) is 9.47 Å². The number of hydrogen-bond acceptors (Lipinski definition) is 4. The molecule has 0 aliphatic carbocycles. The molecular weight excluding hydrogens is 318 g/mol. The molecule has 6 nitrogen and oxygen atoms in total. The van der Waals surface area contributed by atoms with Crippen LogP contribution in [0.4, 0.5) is 10.5 Å². The van der Waals surface area contributed by atoms with Crippen molar-refractivity contribution in [2.75, 3.05) is 11.9 Å². The topological polar surface area (TPSA) is 65.4 Å². The van der Waals surface area contributed by atoms with Crippen molar-refractivity contribution in [2.45, 2.75) is 13.8 Å². The highest BCUT2D eigenvalue weighted by Gasteiger charge is 2.21. The van der Waals surface area contributed by atoms with Gasteiger partial charge in [0.05, 0.1) is 17.9 Å². The number of rotatable bonds is 5. The third-order valence-corrected chi connectivity index (χ3v) is 3.52. The van der Waals surface area contributed by atoms with E-state index in [0.29, 0.717) is 29.6 Å². The number of ether oxygens (including phenoxy) is 2. The van der Waals surface area contributed by atoms with Gasteiger partial charge in [-0.3, -0.25) is 5.32 Å². The Hall–Kier alpha value is -3.28. The molecular formula is C19H19N3O3. The molecule has 128 valence electrons. The van der Waals surface area contributed by atoms with E-state index in [1.165, 1.54) is 0 Å². The van der Waals surface area contributed by atoms with Crippen LogP contribution in [-0.2, 0) is 0 Å². The summed E-state index contributed by atoms with van der Waals surface area (Å²) in [4.78, 5) is 12.3. The largest absolute Gasteiger partial charge is 0.477 e. The van der Waals surface area contributed by atoms with E-state index in [2.05, 4.69) is 10.4 Å². The lowest BCUT2D eigenvalue weighted by Gasteiger charge is -2.09. The summed E-state index contributed by atoms with van der Waals surface area (Å²) in [5, 5.41) is 7.11. The molecule has 0 atom stereocenters. The average molecular weight is 337 g/mol. The molecule has 3 aromatic rings. The van der Waals surface area contributed by atoms with Gasteiger partial charge in [-0.15, -0.1) is 5.10 Å². The zero-order valence-electron chi connectivity index (χ0n) is 14.1. The van der Waals surface area contributed by atoms with Crippen LogP contribution in [0.2, 0.25) is 0 Å². The van der Waals surface area contributed by atoms with Crippen molar-refractivity contribution in [1.82, 2.24) is 9.78 Å². The van der Waals surface area contributed by atoms with Crippen molar-refractivity contribution in [1.29, 1.82) is 0 Å². The van der Waals surface area contributed by atoms with Crippen molar-refractivity contribution >= 4 is 11.8 Å². The molecule has 2 aromatic carbocycles. The van der Waals surface area contributed by atoms with Crippen LogP contribution in [0.3, 0.4) is 0 Å². The number of nitrogens with zero attached hydrogens (tertiary/aromatic N) is 2. The molecule has 0 saturated carbocycles. The fourth-order valence-electron chi connectivity index (χ4n) is 2.35. The fraction of sp³-hybridized carbons (Fsp3) is 0.158. The predicted octanol–water partition coefficient (Wildman–Crippen LogP) is 4.19. The second-order valence-electron chi connectivity index (χ2n) is 5.30. The van der Waals surface area contributed by atoms with Gasteiger partial charge < -0.3 is 9.47 Å². The Morgan fingerprint density at radius 2 is 1.72 bits per heavy atom. The Labute approximate surface area is 146 Å². The molecule has 3 rings (SSSR count). The van der Waals surface area contributed by atoms with Crippen LogP contribution in [-0.4, -0.2) is 22.5 Å². The standard InChI is InChI=1S/C19H19N3O3/c1-3-24-17-14(2)18(22(21-17)16-12-8-5-9-13-16)25-19(23)20-15-10-6-4-7-11-15/h4-13H,3H2,1-2H3,(H,20,23). The molecule has 1 heterocycles. The fourth-order valence-corrected chi connectivity index (χ4v) is 2.35. The summed E-state index contributed by atoms with van der Waals surface area (Å²) in [6.07, 6.45) is -0.588. The third-order valence-electron chi connectivity index (χ3n) is 3.52. The van der Waals surface area contributed by atoms with Crippen molar-refractivity contribution in [3.05, 3.63) is 66.2 Å². The summed E-state index contributed by atoms with van der Waals surface area (Å²) < 4.78 is 12.6. The van der Waals surface area contributed by atoms with Crippen molar-refractivity contribution in [2.24, 2.45) is 0 Å². The Balaban J connectivity index is 1.90. The van der Waals surface area contributed by atoms with Gasteiger partial charge in [-0.05, 0) is 38.1 Å². The highest BCUT2D eigenvalue weighted by molar-refractivity contribution is 5.86. The molecule has 1 amide bonds. The molecule has 0 aliphatic heterocycles. The summed E-state index contributed by atoms with van der Waals surface area (Å²) in [6.45, 7) is 4.16. The smallest absolute Gasteiger partial charge is 0.418 e. The predicted molar refractivity (Wildman–Crippen MR) is 95.6 cm³/mol. The number of hydrogen-bond donors (Lipinski definition) is 1. The zero-order chi connectivity index (χ0) is 17.6. The van der Waals surface area contributed by atoms with Crippen molar-refractivity contribution in [3.8, 4) is 17.4 Å². The second-order valence-corrected chi connectivity index (χ2v) is 5.30. The summed E-state index contributed by atoms with van der Waals surface area (Å²) in [6, 6.07) is 18.6. The lowest BCUT2D eigenvalue weighted by Crippen LogP contribution is -2.18. The maximum atomic E-state index is 12.3. The zero-order valence-corrected chi connectivity index (χ0v) is 14.1. The van der Waals surface area contributed by atoms with Crippen molar-refractivity contribution in [3.63, 3.8) is 0 Å². The third kappa shape index (κ3) is 3.80. The molecule has 0 saturated heterocycles. The minimum Gasteiger partial charge on any atom is -0.477 e. The van der Waals surface area contributed by atoms with Crippen LogP contribution in [0, 0.1) is 6.92 Å². The Kier molecular flexibility index (Phi) is 4.99. The minimum atomic E-state index is -0.588. The SMILES string of the molecule is CCOc1nn(-c2ccccc2)c(OC(=O)Nc2ccccc2)c1C. The van der Waals surface area contributed by atoms with Gasteiger partial charge in [0.25, 0.3) is 0 Å². The highest BCUT2D eigenvalue weighted by atomic mass is 16.6. The van der Waals surface area contributed by atoms with E-state index in [0.717, 1.165) is 5.69 Å². The van der Waals surface area contributed by atoms with E-state index >= 15 is 0 Å². The number of para-hydroxylation sites is 2. The molecule has 0 aliphatic rings. The molecule has 25 heavy (non-hydrogen) atoms. The summed E-state index contributed by atoms with van der Waals surface area (Å²) in [7, 11) is 0. The van der Waals surface area contributed by atoms with Gasteiger partial charge in [0.1, 0.15) is 0 Å². The highest BCUT2D eigenvalue weighted by Crippen LogP contribution is 2.30. The molecule has 1 N–H and O–H groups in total. The minimum absolute atomic E-state index is 0.322. The average Bonchev–Trinajstić information content (AvgIpc) is 2.93. The van der Waals surface area contributed by atoms with Crippen LogP contribution in [0.5, 0.6) is 11.8 Å². The molecule has 0 bridgehead atoms. The number of benzene rings is 2. The monoisotopic (exact) mass is 337 g/mol. The van der Waals surface area contributed by atoms with E-state index < -0.39 is 6.09 Å². The maximum Gasteiger partial charge on any atom is 0.418 e. The van der Waals surface area contributed by atoms with Gasteiger partial charge in [0, 0.05) is 5.69 Å². The van der Waals surface area contributed by atoms with Crippen LogP contribution in [0.1, 0.15) is 12.5 Å². The van der Waals surface area contributed by atoms with E-state index in [9.17, 15) is 4.79 Å². The Bertz CT molecular complexity index is 845. The van der Waals surface area contributed by atoms with Gasteiger partial charge in [-0.1, -0.05) is 36.4 Å². The first-order valence-electron chi connectivity index (χ1n) is 8.00. The molecule has 0 spiro atoms. The van der Waals surface area contributed by atoms with E-state index in [1.807, 2.05) is 62.4 Å². The van der Waals surface area contributed by atoms with Gasteiger partial charge in [0.15, 0.2) is 0 Å². The number of amides is 1. The Morgan fingerprint density at radius 1 is 1.08 bits per heavy atom. The van der Waals surface area contributed by atoms with Crippen molar-refractivity contribution < 1.29 is 14.3 Å². The molecule has 0 unspecified atom stereocenters. The molecule has 6 heteroatoms. The van der Waals surface area contributed by atoms with E-state index in [1.54, 1.807) is 16.8 Å². The lowest BCUT2D eigenvalue weighted by atomic mass is 10.3. The van der Waals surface area contributed by atoms with Crippen LogP contribution >= 0.6 is 0 Å². The molecule has 0 fully saturated rings. The Morgan fingerprint density at radius 3 is 2.36 bits per heavy atom. The normalized spacial score (nSPS) is 10.3. The maximum absolute atomic E-state index is 12.3. The van der Waals surface area contributed by atoms with Crippen LogP contribution in [0.25, 0.3) is 5.69 Å². The molecule has 1 aromatic heterocycles. The van der Waals surface area contributed by atoms with Gasteiger partial charge in [-0.2, -0.15) is 4.68 Å². The first-order valence-corrected chi connectivity index (χ1v) is 8.00. The number of nitrogens with one attached hydrogen (secondary N) is 1. The first kappa shape index (κ1) is 16.6. The van der Waals surface area contributed by atoms with E-state index in [-0.39, 0.29) is 0 Å². The second kappa shape index (κ2) is 7.53. The van der Waals surface area contributed by atoms with Crippen LogP contribution in [0.15, 0.2) is 60.7 Å². The number of carbonyl (C=O) groups excluding carboxylic acids is 1. The summed E-state index contributed by atoms with van der Waals surface area (Å²) in [5.74, 6) is 0.761. The first-order chi connectivity index (χ1) is 12.2. The molecule has 0 radical (unpaired) electrons. The van der Waals surface area contributed by atoms with Gasteiger partial charge >= 0.3 is 6.09 Å². The van der Waals surface area contributed by atoms with Crippen LogP contribution < -0.4 is 14.8 Å². The number of carbonyl (C=O) groups is 1. The lowest BCUT2D eigenvalue weighted by molar-refractivity contribution is 0.211.